The fourth-order valence-electron chi connectivity index (χ4n) is 3.55. The first-order valence-electron chi connectivity index (χ1n) is 11.8. The predicted octanol–water partition coefficient (Wildman–Crippen LogP) is 4.66. The third kappa shape index (κ3) is 7.05. The minimum atomic E-state index is -4.25. The summed E-state index contributed by atoms with van der Waals surface area (Å²) in [6.07, 6.45) is 1.36. The van der Waals surface area contributed by atoms with Crippen molar-refractivity contribution in [3.8, 4) is 5.75 Å². The molecule has 12 heteroatoms. The molecule has 0 saturated carbocycles. The zero-order valence-corrected chi connectivity index (χ0v) is 21.7. The van der Waals surface area contributed by atoms with Gasteiger partial charge < -0.3 is 4.74 Å². The third-order valence-electron chi connectivity index (χ3n) is 5.58. The maximum Gasteiger partial charge on any atom is 0.269 e. The van der Waals surface area contributed by atoms with Crippen LogP contribution in [0.2, 0.25) is 0 Å². The first kappa shape index (κ1) is 27.9. The molecule has 1 amide bonds. The number of benzene rings is 4. The Labute approximate surface area is 229 Å². The highest BCUT2D eigenvalue weighted by Gasteiger charge is 2.28. The number of nitrogens with one attached hydrogen (secondary N) is 1. The average molecular weight is 563 g/mol. The number of nitrogens with zero attached hydrogens (tertiary/aromatic N) is 3. The SMILES string of the molecule is O=C(CN(c1ccccc1F)S(=O)(=O)c1ccccc1)N/N=C\c1ccc(OCc2ccc([N+](=O)[O-])cc2)cc1. The van der Waals surface area contributed by atoms with Crippen molar-refractivity contribution in [2.45, 2.75) is 11.5 Å². The van der Waals surface area contributed by atoms with Gasteiger partial charge in [0.2, 0.25) is 0 Å². The normalized spacial score (nSPS) is 11.2. The van der Waals surface area contributed by atoms with Crippen molar-refractivity contribution in [3.63, 3.8) is 0 Å². The van der Waals surface area contributed by atoms with Crippen molar-refractivity contribution in [3.05, 3.63) is 130 Å². The number of sulfonamides is 1. The van der Waals surface area contributed by atoms with E-state index in [4.69, 9.17) is 4.74 Å². The van der Waals surface area contributed by atoms with E-state index in [0.717, 1.165) is 11.6 Å². The van der Waals surface area contributed by atoms with Gasteiger partial charge in [0.1, 0.15) is 24.7 Å². The Kier molecular flexibility index (Phi) is 8.82. The Balaban J connectivity index is 1.37. The average Bonchev–Trinajstić information content (AvgIpc) is 2.96. The molecule has 4 aromatic rings. The van der Waals surface area contributed by atoms with Crippen molar-refractivity contribution in [2.75, 3.05) is 10.8 Å². The summed E-state index contributed by atoms with van der Waals surface area (Å²) in [7, 11) is -4.25. The second-order valence-electron chi connectivity index (χ2n) is 8.35. The highest BCUT2D eigenvalue weighted by molar-refractivity contribution is 7.92. The van der Waals surface area contributed by atoms with Crippen LogP contribution in [0.4, 0.5) is 15.8 Å². The molecule has 204 valence electrons. The van der Waals surface area contributed by atoms with E-state index in [1.165, 1.54) is 60.8 Å². The zero-order chi connectivity index (χ0) is 28.5. The van der Waals surface area contributed by atoms with Gasteiger partial charge >= 0.3 is 0 Å². The number of nitro benzene ring substituents is 1. The number of hydrogen-bond acceptors (Lipinski definition) is 7. The Bertz CT molecular complexity index is 1610. The van der Waals surface area contributed by atoms with Gasteiger partial charge in [-0.15, -0.1) is 0 Å². The Morgan fingerprint density at radius 1 is 0.950 bits per heavy atom. The number of ether oxygens (including phenoxy) is 1. The maximum absolute atomic E-state index is 14.5. The van der Waals surface area contributed by atoms with Crippen molar-refractivity contribution in [1.29, 1.82) is 0 Å². The quantitative estimate of drug-likeness (QED) is 0.161. The lowest BCUT2D eigenvalue weighted by Gasteiger charge is -2.24. The monoisotopic (exact) mass is 562 g/mol. The number of hydrazone groups is 1. The Hall–Kier alpha value is -5.10. The molecule has 4 rings (SSSR count). The molecule has 0 heterocycles. The fourth-order valence-corrected chi connectivity index (χ4v) is 5.00. The van der Waals surface area contributed by atoms with E-state index in [-0.39, 0.29) is 22.9 Å². The number of rotatable bonds is 11. The van der Waals surface area contributed by atoms with Crippen LogP contribution in [0.15, 0.2) is 113 Å². The smallest absolute Gasteiger partial charge is 0.269 e. The molecule has 0 fully saturated rings. The maximum atomic E-state index is 14.5. The predicted molar refractivity (Wildman–Crippen MR) is 147 cm³/mol. The third-order valence-corrected chi connectivity index (χ3v) is 7.35. The van der Waals surface area contributed by atoms with E-state index in [0.29, 0.717) is 15.6 Å². The van der Waals surface area contributed by atoms with Crippen LogP contribution in [0, 0.1) is 15.9 Å². The molecule has 0 saturated heterocycles. The summed E-state index contributed by atoms with van der Waals surface area (Å²) in [6.45, 7) is -0.489. The minimum Gasteiger partial charge on any atom is -0.489 e. The lowest BCUT2D eigenvalue weighted by atomic mass is 10.2. The van der Waals surface area contributed by atoms with Crippen LogP contribution in [-0.4, -0.2) is 32.0 Å². The number of anilines is 1. The van der Waals surface area contributed by atoms with Gasteiger partial charge in [0.05, 0.1) is 21.7 Å². The van der Waals surface area contributed by atoms with E-state index < -0.39 is 33.2 Å². The van der Waals surface area contributed by atoms with Gasteiger partial charge in [-0.3, -0.25) is 19.2 Å². The van der Waals surface area contributed by atoms with Crippen molar-refractivity contribution in [1.82, 2.24) is 5.43 Å². The van der Waals surface area contributed by atoms with Gasteiger partial charge in [-0.1, -0.05) is 30.3 Å². The number of para-hydroxylation sites is 1. The largest absolute Gasteiger partial charge is 0.489 e. The molecule has 0 spiro atoms. The molecule has 0 aliphatic heterocycles. The van der Waals surface area contributed by atoms with Gasteiger partial charge in [0.15, 0.2) is 0 Å². The molecule has 0 atom stereocenters. The molecule has 0 aromatic heterocycles. The molecule has 0 aliphatic rings. The Morgan fingerprint density at radius 3 is 2.25 bits per heavy atom. The molecule has 1 N–H and O–H groups in total. The molecule has 4 aromatic carbocycles. The van der Waals surface area contributed by atoms with E-state index >= 15 is 0 Å². The van der Waals surface area contributed by atoms with Crippen LogP contribution in [0.1, 0.15) is 11.1 Å². The fraction of sp³-hybridized carbons (Fsp3) is 0.0714. The van der Waals surface area contributed by atoms with Crippen LogP contribution in [0.3, 0.4) is 0 Å². The standard InChI is InChI=1S/C28H23FN4O6S/c29-26-8-4-5-9-27(26)32(40(37,38)25-6-2-1-3-7-25)19-28(34)31-30-18-21-12-16-24(17-13-21)39-20-22-10-14-23(15-11-22)33(35)36/h1-18H,19-20H2,(H,31,34)/b30-18-. The van der Waals surface area contributed by atoms with E-state index in [1.807, 2.05) is 0 Å². The van der Waals surface area contributed by atoms with Crippen molar-refractivity contribution >= 4 is 33.5 Å². The first-order valence-corrected chi connectivity index (χ1v) is 13.3. The molecule has 40 heavy (non-hydrogen) atoms. The van der Waals surface area contributed by atoms with Gasteiger partial charge in [-0.25, -0.2) is 18.2 Å². The molecule has 0 bridgehead atoms. The van der Waals surface area contributed by atoms with Gasteiger partial charge in [-0.2, -0.15) is 5.10 Å². The van der Waals surface area contributed by atoms with Crippen molar-refractivity contribution < 1.29 is 27.3 Å². The van der Waals surface area contributed by atoms with Crippen molar-refractivity contribution in [2.24, 2.45) is 5.10 Å². The number of amides is 1. The lowest BCUT2D eigenvalue weighted by Crippen LogP contribution is -2.40. The summed E-state index contributed by atoms with van der Waals surface area (Å²) in [5.41, 5.74) is 3.38. The van der Waals surface area contributed by atoms with Crippen LogP contribution in [-0.2, 0) is 21.4 Å². The second kappa shape index (κ2) is 12.6. The number of non-ortho nitro benzene ring substituents is 1. The van der Waals surface area contributed by atoms with Gasteiger partial charge in [0.25, 0.3) is 21.6 Å². The van der Waals surface area contributed by atoms with Crippen LogP contribution >= 0.6 is 0 Å². The molecule has 0 aliphatic carbocycles. The molecular weight excluding hydrogens is 539 g/mol. The summed E-state index contributed by atoms with van der Waals surface area (Å²) in [5.74, 6) is -1.03. The molecular formula is C28H23FN4O6S. The van der Waals surface area contributed by atoms with Crippen LogP contribution in [0.5, 0.6) is 5.75 Å². The summed E-state index contributed by atoms with van der Waals surface area (Å²) in [6, 6.07) is 25.5. The number of halogens is 1. The van der Waals surface area contributed by atoms with Gasteiger partial charge in [-0.05, 0) is 71.8 Å². The highest BCUT2D eigenvalue weighted by Crippen LogP contribution is 2.26. The van der Waals surface area contributed by atoms with E-state index in [1.54, 1.807) is 42.5 Å². The number of carbonyl (C=O) groups excluding carboxylic acids is 1. The van der Waals surface area contributed by atoms with Crippen LogP contribution < -0.4 is 14.5 Å². The topological polar surface area (TPSA) is 131 Å². The zero-order valence-electron chi connectivity index (χ0n) is 20.9. The second-order valence-corrected chi connectivity index (χ2v) is 10.2. The number of carbonyl (C=O) groups is 1. The molecule has 10 nitrogen and oxygen atoms in total. The molecule has 0 radical (unpaired) electrons. The molecule has 0 unspecified atom stereocenters. The van der Waals surface area contributed by atoms with E-state index in [9.17, 15) is 27.7 Å². The van der Waals surface area contributed by atoms with E-state index in [2.05, 4.69) is 10.5 Å². The van der Waals surface area contributed by atoms with Crippen LogP contribution in [0.25, 0.3) is 0 Å². The summed E-state index contributed by atoms with van der Waals surface area (Å²) in [5, 5.41) is 14.6. The number of hydrogen-bond donors (Lipinski definition) is 1. The first-order chi connectivity index (χ1) is 19.2. The van der Waals surface area contributed by atoms with Gasteiger partial charge in [0, 0.05) is 12.1 Å². The summed E-state index contributed by atoms with van der Waals surface area (Å²) >= 11 is 0. The summed E-state index contributed by atoms with van der Waals surface area (Å²) in [4.78, 5) is 22.8. The Morgan fingerprint density at radius 2 is 1.60 bits per heavy atom. The summed E-state index contributed by atoms with van der Waals surface area (Å²) < 4.78 is 47.4. The lowest BCUT2D eigenvalue weighted by molar-refractivity contribution is -0.384. The highest BCUT2D eigenvalue weighted by atomic mass is 32.2. The number of nitro groups is 1. The minimum absolute atomic E-state index is 0.00256.